The molecular formula is C18H21N3O2. The van der Waals surface area contributed by atoms with Gasteiger partial charge < -0.3 is 15.4 Å². The largest absolute Gasteiger partial charge is 0.493 e. The lowest BCUT2D eigenvalue weighted by Crippen LogP contribution is -2.41. The van der Waals surface area contributed by atoms with Gasteiger partial charge in [-0.3, -0.25) is 4.98 Å². The molecule has 0 radical (unpaired) electrons. The molecule has 1 aliphatic rings. The van der Waals surface area contributed by atoms with E-state index in [0.29, 0.717) is 25.6 Å². The molecule has 1 aliphatic heterocycles. The van der Waals surface area contributed by atoms with Gasteiger partial charge in [0.05, 0.1) is 6.61 Å². The fraction of sp³-hybridized carbons (Fsp3) is 0.333. The number of urea groups is 1. The van der Waals surface area contributed by atoms with Crippen LogP contribution < -0.4 is 15.4 Å². The SMILES string of the molecule is O=C(NCCc1ccccn1)NC[C@H]1COc2ccccc2C1. The van der Waals surface area contributed by atoms with Crippen molar-refractivity contribution in [2.24, 2.45) is 5.92 Å². The fourth-order valence-electron chi connectivity index (χ4n) is 2.67. The topological polar surface area (TPSA) is 63.2 Å². The molecule has 3 rings (SSSR count). The smallest absolute Gasteiger partial charge is 0.314 e. The van der Waals surface area contributed by atoms with Gasteiger partial charge in [-0.1, -0.05) is 24.3 Å². The Bertz CT molecular complexity index is 646. The van der Waals surface area contributed by atoms with Crippen LogP contribution >= 0.6 is 0 Å². The van der Waals surface area contributed by atoms with Gasteiger partial charge in [0, 0.05) is 37.3 Å². The van der Waals surface area contributed by atoms with Gasteiger partial charge in [-0.25, -0.2) is 4.79 Å². The molecule has 0 fully saturated rings. The molecule has 0 saturated carbocycles. The summed E-state index contributed by atoms with van der Waals surface area (Å²) in [4.78, 5) is 16.1. The second-order valence-electron chi connectivity index (χ2n) is 5.70. The fourth-order valence-corrected chi connectivity index (χ4v) is 2.67. The van der Waals surface area contributed by atoms with Crippen molar-refractivity contribution >= 4 is 6.03 Å². The monoisotopic (exact) mass is 311 g/mol. The Morgan fingerprint density at radius 1 is 1.17 bits per heavy atom. The Morgan fingerprint density at radius 3 is 2.91 bits per heavy atom. The second kappa shape index (κ2) is 7.63. The number of hydrogen-bond acceptors (Lipinski definition) is 3. The van der Waals surface area contributed by atoms with Crippen LogP contribution in [-0.4, -0.2) is 30.7 Å². The highest BCUT2D eigenvalue weighted by atomic mass is 16.5. The van der Waals surface area contributed by atoms with E-state index >= 15 is 0 Å². The minimum absolute atomic E-state index is 0.139. The molecule has 0 unspecified atom stereocenters. The van der Waals surface area contributed by atoms with Crippen molar-refractivity contribution in [2.45, 2.75) is 12.8 Å². The summed E-state index contributed by atoms with van der Waals surface area (Å²) in [7, 11) is 0. The first-order valence-electron chi connectivity index (χ1n) is 7.93. The Labute approximate surface area is 136 Å². The molecule has 0 aliphatic carbocycles. The van der Waals surface area contributed by atoms with E-state index in [1.54, 1.807) is 6.20 Å². The third-order valence-corrected chi connectivity index (χ3v) is 3.90. The highest BCUT2D eigenvalue weighted by Gasteiger charge is 2.19. The van der Waals surface area contributed by atoms with Crippen molar-refractivity contribution in [2.75, 3.05) is 19.7 Å². The number of fused-ring (bicyclic) bond motifs is 1. The normalized spacial score (nSPS) is 16.1. The van der Waals surface area contributed by atoms with E-state index in [4.69, 9.17) is 4.74 Å². The first kappa shape index (κ1) is 15.3. The Hall–Kier alpha value is -2.56. The highest BCUT2D eigenvalue weighted by Crippen LogP contribution is 2.26. The van der Waals surface area contributed by atoms with Gasteiger partial charge >= 0.3 is 6.03 Å². The van der Waals surface area contributed by atoms with E-state index in [0.717, 1.165) is 24.3 Å². The molecular weight excluding hydrogens is 290 g/mol. The number of amides is 2. The standard InChI is InChI=1S/C18H21N3O2/c22-18(20-10-8-16-6-3-4-9-19-16)21-12-14-11-15-5-1-2-7-17(15)23-13-14/h1-7,9,14H,8,10-13H2,(H2,20,21,22)/t14-/m0/s1. The maximum absolute atomic E-state index is 11.8. The van der Waals surface area contributed by atoms with E-state index < -0.39 is 0 Å². The van der Waals surface area contributed by atoms with E-state index in [2.05, 4.69) is 21.7 Å². The molecule has 1 aromatic carbocycles. The molecule has 0 bridgehead atoms. The number of nitrogens with zero attached hydrogens (tertiary/aromatic N) is 1. The van der Waals surface area contributed by atoms with Gasteiger partial charge in [-0.05, 0) is 30.2 Å². The van der Waals surface area contributed by atoms with Gasteiger partial charge in [-0.2, -0.15) is 0 Å². The quantitative estimate of drug-likeness (QED) is 0.889. The second-order valence-corrected chi connectivity index (χ2v) is 5.70. The molecule has 5 heteroatoms. The summed E-state index contributed by atoms with van der Waals surface area (Å²) < 4.78 is 5.73. The van der Waals surface area contributed by atoms with E-state index in [-0.39, 0.29) is 6.03 Å². The number of aromatic nitrogens is 1. The summed E-state index contributed by atoms with van der Waals surface area (Å²) in [6.45, 7) is 1.84. The van der Waals surface area contributed by atoms with Crippen LogP contribution in [0.5, 0.6) is 5.75 Å². The number of ether oxygens (including phenoxy) is 1. The highest BCUT2D eigenvalue weighted by molar-refractivity contribution is 5.73. The number of benzene rings is 1. The van der Waals surface area contributed by atoms with Crippen LogP contribution in [0.4, 0.5) is 4.79 Å². The third-order valence-electron chi connectivity index (χ3n) is 3.90. The average molecular weight is 311 g/mol. The number of carbonyl (C=O) groups is 1. The van der Waals surface area contributed by atoms with Crippen LogP contribution in [-0.2, 0) is 12.8 Å². The zero-order valence-corrected chi connectivity index (χ0v) is 13.0. The maximum atomic E-state index is 11.8. The predicted molar refractivity (Wildman–Crippen MR) is 88.5 cm³/mol. The first-order valence-corrected chi connectivity index (χ1v) is 7.93. The summed E-state index contributed by atoms with van der Waals surface area (Å²) in [6, 6.07) is 13.7. The summed E-state index contributed by atoms with van der Waals surface area (Å²) in [5.41, 5.74) is 2.19. The van der Waals surface area contributed by atoms with Crippen molar-refractivity contribution in [3.8, 4) is 5.75 Å². The first-order chi connectivity index (χ1) is 11.3. The van der Waals surface area contributed by atoms with Gasteiger partial charge in [-0.15, -0.1) is 0 Å². The molecule has 2 amide bonds. The number of hydrogen-bond donors (Lipinski definition) is 2. The Kier molecular flexibility index (Phi) is 5.09. The van der Waals surface area contributed by atoms with Crippen molar-refractivity contribution in [1.29, 1.82) is 0 Å². The van der Waals surface area contributed by atoms with Crippen molar-refractivity contribution in [1.82, 2.24) is 15.6 Å². The zero-order chi connectivity index (χ0) is 15.9. The van der Waals surface area contributed by atoms with E-state index in [1.807, 2.05) is 36.4 Å². The van der Waals surface area contributed by atoms with E-state index in [1.165, 1.54) is 5.56 Å². The predicted octanol–water partition coefficient (Wildman–Crippen LogP) is 2.17. The number of carbonyl (C=O) groups excluding carboxylic acids is 1. The minimum Gasteiger partial charge on any atom is -0.493 e. The Balaban J connectivity index is 1.37. The van der Waals surface area contributed by atoms with Gasteiger partial charge in [0.1, 0.15) is 5.75 Å². The van der Waals surface area contributed by atoms with Crippen LogP contribution in [0.15, 0.2) is 48.7 Å². The number of rotatable bonds is 5. The molecule has 2 heterocycles. The summed E-state index contributed by atoms with van der Waals surface area (Å²) in [6.07, 6.45) is 3.43. The lowest BCUT2D eigenvalue weighted by atomic mass is 9.97. The van der Waals surface area contributed by atoms with Crippen LogP contribution in [0, 0.1) is 5.92 Å². The molecule has 0 saturated heterocycles. The van der Waals surface area contributed by atoms with Crippen molar-refractivity contribution < 1.29 is 9.53 Å². The summed E-state index contributed by atoms with van der Waals surface area (Å²) >= 11 is 0. The summed E-state index contributed by atoms with van der Waals surface area (Å²) in [5, 5.41) is 5.78. The maximum Gasteiger partial charge on any atom is 0.314 e. The van der Waals surface area contributed by atoms with Crippen molar-refractivity contribution in [3.63, 3.8) is 0 Å². The molecule has 0 spiro atoms. The summed E-state index contributed by atoms with van der Waals surface area (Å²) in [5.74, 6) is 1.27. The Morgan fingerprint density at radius 2 is 2.04 bits per heavy atom. The lowest BCUT2D eigenvalue weighted by Gasteiger charge is -2.25. The zero-order valence-electron chi connectivity index (χ0n) is 13.0. The van der Waals surface area contributed by atoms with Crippen LogP contribution in [0.25, 0.3) is 0 Å². The van der Waals surface area contributed by atoms with Gasteiger partial charge in [0.25, 0.3) is 0 Å². The molecule has 120 valence electrons. The molecule has 2 N–H and O–H groups in total. The van der Waals surface area contributed by atoms with Gasteiger partial charge in [0.15, 0.2) is 0 Å². The third kappa shape index (κ3) is 4.45. The van der Waals surface area contributed by atoms with E-state index in [9.17, 15) is 4.79 Å². The average Bonchev–Trinajstić information content (AvgIpc) is 2.61. The van der Waals surface area contributed by atoms with Crippen LogP contribution in [0.3, 0.4) is 0 Å². The molecule has 1 aromatic heterocycles. The minimum atomic E-state index is -0.139. The number of para-hydroxylation sites is 1. The number of pyridine rings is 1. The molecule has 5 nitrogen and oxygen atoms in total. The molecule has 1 atom stereocenters. The van der Waals surface area contributed by atoms with Crippen LogP contribution in [0.1, 0.15) is 11.3 Å². The number of nitrogens with one attached hydrogen (secondary N) is 2. The molecule has 23 heavy (non-hydrogen) atoms. The lowest BCUT2D eigenvalue weighted by molar-refractivity contribution is 0.211. The molecule has 2 aromatic rings. The van der Waals surface area contributed by atoms with Crippen LogP contribution in [0.2, 0.25) is 0 Å². The van der Waals surface area contributed by atoms with Gasteiger partial charge in [0.2, 0.25) is 0 Å². The van der Waals surface area contributed by atoms with Crippen molar-refractivity contribution in [3.05, 3.63) is 59.9 Å².